The van der Waals surface area contributed by atoms with Crippen molar-refractivity contribution < 1.29 is 17.6 Å². The van der Waals surface area contributed by atoms with Crippen LogP contribution in [0.15, 0.2) is 6.07 Å². The zero-order chi connectivity index (χ0) is 14.2. The molecule has 19 heavy (non-hydrogen) atoms. The Morgan fingerprint density at radius 1 is 0.947 bits per heavy atom. The van der Waals surface area contributed by atoms with E-state index in [2.05, 4.69) is 15.2 Å². The molecular formula is C9H2Cl2F4N4. The highest BCUT2D eigenvalue weighted by atomic mass is 35.5. The molecule has 1 aromatic heterocycles. The summed E-state index contributed by atoms with van der Waals surface area (Å²) in [5.74, 6) is -6.82. The lowest BCUT2D eigenvalue weighted by Gasteiger charge is -2.09. The van der Waals surface area contributed by atoms with Crippen LogP contribution in [0.4, 0.5) is 29.1 Å². The van der Waals surface area contributed by atoms with Gasteiger partial charge in [-0.3, -0.25) is 0 Å². The molecule has 0 aliphatic carbocycles. The molecule has 2 rings (SSSR count). The minimum Gasteiger partial charge on any atom is -0.333 e. The maximum atomic E-state index is 13.4. The average Bonchev–Trinajstić information content (AvgIpc) is 2.36. The molecule has 0 aliphatic heterocycles. The van der Waals surface area contributed by atoms with Crippen LogP contribution in [0, 0.1) is 23.3 Å². The second-order valence-corrected chi connectivity index (χ2v) is 3.88. The molecule has 0 bridgehead atoms. The Morgan fingerprint density at radius 2 is 1.53 bits per heavy atom. The monoisotopic (exact) mass is 312 g/mol. The molecule has 0 saturated heterocycles. The number of halogens is 6. The summed E-state index contributed by atoms with van der Waals surface area (Å²) in [6.07, 6.45) is 0. The van der Waals surface area contributed by atoms with Crippen LogP contribution in [-0.4, -0.2) is 15.2 Å². The first-order valence-corrected chi connectivity index (χ1v) is 5.31. The van der Waals surface area contributed by atoms with Crippen LogP contribution >= 0.6 is 23.2 Å². The van der Waals surface area contributed by atoms with Crippen LogP contribution in [-0.2, 0) is 0 Å². The number of nitrogens with zero attached hydrogens (tertiary/aromatic N) is 3. The van der Waals surface area contributed by atoms with Gasteiger partial charge in [0.25, 0.3) is 0 Å². The first kappa shape index (κ1) is 13.8. The minimum absolute atomic E-state index is 0.0721. The van der Waals surface area contributed by atoms with E-state index in [-0.39, 0.29) is 16.5 Å². The third kappa shape index (κ3) is 2.69. The first-order valence-electron chi connectivity index (χ1n) is 4.56. The Labute approximate surface area is 113 Å². The maximum absolute atomic E-state index is 13.4. The number of aromatic nitrogens is 3. The van der Waals surface area contributed by atoms with E-state index in [1.165, 1.54) is 0 Å². The van der Waals surface area contributed by atoms with Crippen LogP contribution < -0.4 is 5.32 Å². The van der Waals surface area contributed by atoms with Crippen molar-refractivity contribution in [1.82, 2.24) is 15.2 Å². The highest BCUT2D eigenvalue weighted by molar-refractivity contribution is 6.32. The van der Waals surface area contributed by atoms with Crippen molar-refractivity contribution in [3.05, 3.63) is 39.8 Å². The zero-order valence-corrected chi connectivity index (χ0v) is 10.2. The van der Waals surface area contributed by atoms with E-state index < -0.39 is 34.8 Å². The summed E-state index contributed by atoms with van der Waals surface area (Å²) in [6.45, 7) is 0. The standard InChI is InChI=1S/C9H2Cl2F4N4/c10-7-8(17-9(11)19-18-7)16-6-4(14)2(12)1-3(13)5(6)15/h1H,(H,16,17,19). The molecular weight excluding hydrogens is 311 g/mol. The van der Waals surface area contributed by atoms with Gasteiger partial charge in [-0.2, -0.15) is 4.98 Å². The number of hydrogen-bond acceptors (Lipinski definition) is 4. The summed E-state index contributed by atoms with van der Waals surface area (Å²) in [5.41, 5.74) is -1.10. The molecule has 1 aromatic carbocycles. The molecule has 0 spiro atoms. The summed E-state index contributed by atoms with van der Waals surface area (Å²) in [7, 11) is 0. The predicted octanol–water partition coefficient (Wildman–Crippen LogP) is 3.48. The van der Waals surface area contributed by atoms with Gasteiger partial charge in [-0.15, -0.1) is 10.2 Å². The van der Waals surface area contributed by atoms with Gasteiger partial charge in [-0.05, 0) is 11.6 Å². The minimum atomic E-state index is -1.63. The Hall–Kier alpha value is -1.67. The third-order valence-corrected chi connectivity index (χ3v) is 2.39. The molecule has 1 N–H and O–H groups in total. The molecule has 0 aliphatic rings. The van der Waals surface area contributed by atoms with Crippen molar-refractivity contribution in [2.45, 2.75) is 0 Å². The quantitative estimate of drug-likeness (QED) is 0.681. The molecule has 0 fully saturated rings. The van der Waals surface area contributed by atoms with E-state index in [1.54, 1.807) is 0 Å². The van der Waals surface area contributed by atoms with Gasteiger partial charge >= 0.3 is 0 Å². The van der Waals surface area contributed by atoms with Crippen LogP contribution in [0.1, 0.15) is 0 Å². The number of nitrogens with one attached hydrogen (secondary N) is 1. The Bertz CT molecular complexity index is 626. The van der Waals surface area contributed by atoms with Gasteiger partial charge in [0.15, 0.2) is 34.2 Å². The van der Waals surface area contributed by atoms with Crippen LogP contribution in [0.2, 0.25) is 10.4 Å². The fourth-order valence-corrected chi connectivity index (χ4v) is 1.42. The molecule has 0 amide bonds. The summed E-state index contributed by atoms with van der Waals surface area (Å²) >= 11 is 10.9. The van der Waals surface area contributed by atoms with Crippen LogP contribution in [0.5, 0.6) is 0 Å². The average molecular weight is 313 g/mol. The second kappa shape index (κ2) is 5.14. The summed E-state index contributed by atoms with van der Waals surface area (Å²) in [6, 6.07) is 0.0721. The van der Waals surface area contributed by atoms with Gasteiger partial charge in [0, 0.05) is 6.07 Å². The second-order valence-electron chi connectivity index (χ2n) is 3.19. The van der Waals surface area contributed by atoms with Crippen molar-refractivity contribution in [2.24, 2.45) is 0 Å². The fraction of sp³-hybridized carbons (Fsp3) is 0. The lowest BCUT2D eigenvalue weighted by atomic mass is 10.2. The molecule has 0 atom stereocenters. The molecule has 4 nitrogen and oxygen atoms in total. The van der Waals surface area contributed by atoms with Crippen molar-refractivity contribution in [3.63, 3.8) is 0 Å². The summed E-state index contributed by atoms with van der Waals surface area (Å²) in [4.78, 5) is 3.48. The SMILES string of the molecule is Fc1cc(F)c(F)c(Nc2nc(Cl)nnc2Cl)c1F. The van der Waals surface area contributed by atoms with E-state index in [1.807, 2.05) is 5.32 Å². The van der Waals surface area contributed by atoms with Gasteiger partial charge in [0.05, 0.1) is 0 Å². The molecule has 0 radical (unpaired) electrons. The Kier molecular flexibility index (Phi) is 3.72. The first-order chi connectivity index (χ1) is 8.90. The van der Waals surface area contributed by atoms with E-state index in [0.717, 1.165) is 0 Å². The van der Waals surface area contributed by atoms with Crippen molar-refractivity contribution in [3.8, 4) is 0 Å². The predicted molar refractivity (Wildman–Crippen MR) is 59.4 cm³/mol. The highest BCUT2D eigenvalue weighted by Crippen LogP contribution is 2.29. The number of hydrogen-bond donors (Lipinski definition) is 1. The van der Waals surface area contributed by atoms with E-state index in [9.17, 15) is 17.6 Å². The van der Waals surface area contributed by atoms with Gasteiger partial charge in [-0.1, -0.05) is 11.6 Å². The third-order valence-electron chi connectivity index (χ3n) is 1.97. The Morgan fingerprint density at radius 3 is 2.11 bits per heavy atom. The molecule has 0 saturated carbocycles. The van der Waals surface area contributed by atoms with Crippen molar-refractivity contribution in [2.75, 3.05) is 5.32 Å². The van der Waals surface area contributed by atoms with Gasteiger partial charge in [-0.25, -0.2) is 17.6 Å². The normalized spacial score (nSPS) is 10.6. The topological polar surface area (TPSA) is 50.7 Å². The van der Waals surface area contributed by atoms with Gasteiger partial charge < -0.3 is 5.32 Å². The number of benzene rings is 1. The maximum Gasteiger partial charge on any atom is 0.245 e. The van der Waals surface area contributed by atoms with Gasteiger partial charge in [0.1, 0.15) is 5.69 Å². The van der Waals surface area contributed by atoms with E-state index in [4.69, 9.17) is 23.2 Å². The van der Waals surface area contributed by atoms with E-state index in [0.29, 0.717) is 0 Å². The summed E-state index contributed by atoms with van der Waals surface area (Å²) in [5, 5.41) is 7.78. The van der Waals surface area contributed by atoms with Crippen molar-refractivity contribution in [1.29, 1.82) is 0 Å². The number of rotatable bonds is 2. The zero-order valence-electron chi connectivity index (χ0n) is 8.69. The molecule has 100 valence electrons. The van der Waals surface area contributed by atoms with Gasteiger partial charge in [0.2, 0.25) is 5.28 Å². The molecule has 10 heteroatoms. The summed E-state index contributed by atoms with van der Waals surface area (Å²) < 4.78 is 52.7. The number of anilines is 2. The molecule has 0 unspecified atom stereocenters. The lowest BCUT2D eigenvalue weighted by Crippen LogP contribution is -2.05. The van der Waals surface area contributed by atoms with Crippen molar-refractivity contribution >= 4 is 34.7 Å². The molecule has 2 aromatic rings. The van der Waals surface area contributed by atoms with Crippen LogP contribution in [0.3, 0.4) is 0 Å². The fourth-order valence-electron chi connectivity index (χ4n) is 1.17. The molecule has 1 heterocycles. The smallest absolute Gasteiger partial charge is 0.245 e. The highest BCUT2D eigenvalue weighted by Gasteiger charge is 2.20. The van der Waals surface area contributed by atoms with E-state index >= 15 is 0 Å². The lowest BCUT2D eigenvalue weighted by molar-refractivity contribution is 0.459. The Balaban J connectivity index is 2.52. The van der Waals surface area contributed by atoms with Crippen LogP contribution in [0.25, 0.3) is 0 Å². The largest absolute Gasteiger partial charge is 0.333 e.